The Morgan fingerprint density at radius 1 is 0.299 bits per heavy atom. The van der Waals surface area contributed by atoms with Crippen LogP contribution in [0.1, 0.15) is 329 Å². The molecular formula is C61H114O6. The van der Waals surface area contributed by atoms with Gasteiger partial charge in [-0.1, -0.05) is 283 Å². The first-order valence-corrected chi connectivity index (χ1v) is 29.8. The first-order chi connectivity index (χ1) is 33.0. The first-order valence-electron chi connectivity index (χ1n) is 29.8. The van der Waals surface area contributed by atoms with Crippen molar-refractivity contribution in [1.29, 1.82) is 0 Å². The second-order valence-corrected chi connectivity index (χ2v) is 20.3. The van der Waals surface area contributed by atoms with Crippen LogP contribution in [-0.2, 0) is 28.6 Å². The molecule has 0 saturated heterocycles. The van der Waals surface area contributed by atoms with E-state index in [2.05, 4.69) is 45.1 Å². The quantitative estimate of drug-likeness (QED) is 0.0262. The van der Waals surface area contributed by atoms with Gasteiger partial charge in [-0.3, -0.25) is 14.4 Å². The molecule has 67 heavy (non-hydrogen) atoms. The number of unbranched alkanes of at least 4 members (excludes halogenated alkanes) is 40. The first kappa shape index (κ1) is 64.9. The lowest BCUT2D eigenvalue weighted by atomic mass is 10.0. The van der Waals surface area contributed by atoms with E-state index in [9.17, 15) is 14.4 Å². The molecule has 0 bridgehead atoms. The van der Waals surface area contributed by atoms with Crippen molar-refractivity contribution in [3.63, 3.8) is 0 Å². The zero-order chi connectivity index (χ0) is 48.6. The Morgan fingerprint density at radius 3 is 0.851 bits per heavy atom. The summed E-state index contributed by atoms with van der Waals surface area (Å²) in [7, 11) is 0. The largest absolute Gasteiger partial charge is 0.462 e. The van der Waals surface area contributed by atoms with Crippen molar-refractivity contribution in [1.82, 2.24) is 0 Å². The molecule has 0 aromatic rings. The molecule has 0 aromatic heterocycles. The van der Waals surface area contributed by atoms with E-state index >= 15 is 0 Å². The number of carbonyl (C=O) groups excluding carboxylic acids is 3. The monoisotopic (exact) mass is 943 g/mol. The maximum absolute atomic E-state index is 12.9. The normalized spacial score (nSPS) is 12.1. The molecule has 0 radical (unpaired) electrons. The molecule has 0 rings (SSSR count). The predicted octanol–water partition coefficient (Wildman–Crippen LogP) is 19.9. The summed E-state index contributed by atoms with van der Waals surface area (Å²) in [5.74, 6) is -0.860. The third-order valence-electron chi connectivity index (χ3n) is 13.5. The topological polar surface area (TPSA) is 78.9 Å². The summed E-state index contributed by atoms with van der Waals surface area (Å²) in [4.78, 5) is 38.2. The highest BCUT2D eigenvalue weighted by Crippen LogP contribution is 2.17. The van der Waals surface area contributed by atoms with Gasteiger partial charge >= 0.3 is 17.9 Å². The smallest absolute Gasteiger partial charge is 0.306 e. The van der Waals surface area contributed by atoms with Gasteiger partial charge in [0.2, 0.25) is 0 Å². The van der Waals surface area contributed by atoms with Crippen LogP contribution in [0.5, 0.6) is 0 Å². The molecule has 0 aliphatic heterocycles. The van der Waals surface area contributed by atoms with Crippen LogP contribution in [0.3, 0.4) is 0 Å². The van der Waals surface area contributed by atoms with Gasteiger partial charge in [-0.15, -0.1) is 0 Å². The molecule has 0 saturated carbocycles. The second-order valence-electron chi connectivity index (χ2n) is 20.3. The van der Waals surface area contributed by atoms with Gasteiger partial charge < -0.3 is 14.2 Å². The summed E-state index contributed by atoms with van der Waals surface area (Å²) in [6.07, 6.45) is 66.0. The molecule has 0 fully saturated rings. The van der Waals surface area contributed by atoms with Gasteiger partial charge in [0, 0.05) is 19.3 Å². The third kappa shape index (κ3) is 54.7. The highest BCUT2D eigenvalue weighted by molar-refractivity contribution is 5.71. The van der Waals surface area contributed by atoms with Gasteiger partial charge in [0.05, 0.1) is 0 Å². The van der Waals surface area contributed by atoms with Crippen molar-refractivity contribution in [3.8, 4) is 0 Å². The molecule has 0 heterocycles. The lowest BCUT2D eigenvalue weighted by Crippen LogP contribution is -2.30. The fourth-order valence-corrected chi connectivity index (χ4v) is 8.95. The molecular weight excluding hydrogens is 829 g/mol. The maximum Gasteiger partial charge on any atom is 0.306 e. The van der Waals surface area contributed by atoms with E-state index < -0.39 is 6.10 Å². The van der Waals surface area contributed by atoms with E-state index in [0.29, 0.717) is 19.3 Å². The van der Waals surface area contributed by atoms with Crippen LogP contribution < -0.4 is 0 Å². The Morgan fingerprint density at radius 2 is 0.537 bits per heavy atom. The molecule has 0 aromatic carbocycles. The summed E-state index contributed by atoms with van der Waals surface area (Å²) >= 11 is 0. The third-order valence-corrected chi connectivity index (χ3v) is 13.5. The van der Waals surface area contributed by atoms with Gasteiger partial charge in [0.15, 0.2) is 6.10 Å². The van der Waals surface area contributed by atoms with Gasteiger partial charge in [-0.2, -0.15) is 0 Å². The fraction of sp³-hybridized carbons (Fsp3) is 0.885. The summed E-state index contributed by atoms with van der Waals surface area (Å²) < 4.78 is 16.9. The highest BCUT2D eigenvalue weighted by Gasteiger charge is 2.19. The molecule has 0 amide bonds. The number of hydrogen-bond acceptors (Lipinski definition) is 6. The van der Waals surface area contributed by atoms with Crippen molar-refractivity contribution >= 4 is 17.9 Å². The van der Waals surface area contributed by atoms with Crippen molar-refractivity contribution in [2.24, 2.45) is 0 Å². The minimum atomic E-state index is -0.772. The van der Waals surface area contributed by atoms with Crippen LogP contribution in [-0.4, -0.2) is 37.2 Å². The number of hydrogen-bond donors (Lipinski definition) is 0. The maximum atomic E-state index is 12.9. The average Bonchev–Trinajstić information content (AvgIpc) is 3.33. The molecule has 0 N–H and O–H groups in total. The van der Waals surface area contributed by atoms with Crippen LogP contribution in [0.2, 0.25) is 0 Å². The molecule has 0 aliphatic carbocycles. The van der Waals surface area contributed by atoms with Gasteiger partial charge in [-0.05, 0) is 51.4 Å². The molecule has 0 aliphatic rings. The molecule has 0 unspecified atom stereocenters. The van der Waals surface area contributed by atoms with E-state index in [4.69, 9.17) is 14.2 Å². The number of carbonyl (C=O) groups is 3. The number of allylic oxidation sites excluding steroid dienone is 4. The number of esters is 3. The van der Waals surface area contributed by atoms with Crippen molar-refractivity contribution in [2.75, 3.05) is 13.2 Å². The van der Waals surface area contributed by atoms with E-state index in [1.165, 1.54) is 212 Å². The summed E-state index contributed by atoms with van der Waals surface area (Å²) in [5.41, 5.74) is 0. The standard InChI is InChI=1S/C61H114O6/c1-4-7-10-13-16-19-22-25-28-30-31-34-36-39-42-45-48-51-54-60(63)66-57-58(56-65-59(62)53-50-47-44-41-38-35-32-27-24-21-18-15-12-9-6-3)67-61(64)55-52-49-46-43-40-37-33-29-26-23-20-17-14-11-8-5-2/h18,21,27,32,58H,4-17,19-20,22-26,28-31,33-57H2,1-3H3/b21-18+,32-27+/t58-/m1/s1. The van der Waals surface area contributed by atoms with Crippen LogP contribution in [0.4, 0.5) is 0 Å². The summed E-state index contributed by atoms with van der Waals surface area (Å²) in [5, 5.41) is 0. The van der Waals surface area contributed by atoms with Gasteiger partial charge in [-0.25, -0.2) is 0 Å². The fourth-order valence-electron chi connectivity index (χ4n) is 8.95. The van der Waals surface area contributed by atoms with Crippen molar-refractivity contribution in [2.45, 2.75) is 335 Å². The van der Waals surface area contributed by atoms with Crippen LogP contribution in [0, 0.1) is 0 Å². The van der Waals surface area contributed by atoms with Crippen LogP contribution in [0.15, 0.2) is 24.3 Å². The molecule has 6 heteroatoms. The predicted molar refractivity (Wildman–Crippen MR) is 289 cm³/mol. The highest BCUT2D eigenvalue weighted by atomic mass is 16.6. The van der Waals surface area contributed by atoms with E-state index in [-0.39, 0.29) is 31.1 Å². The lowest BCUT2D eigenvalue weighted by molar-refractivity contribution is -0.167. The SMILES string of the molecule is CCCCC/C=C/C/C=C/CCCCCCCC(=O)OC[C@H](COC(=O)CCCCCCCCCCCCCCCCCCCC)OC(=O)CCCCCCCCCCCCCCCCCC. The Bertz CT molecular complexity index is 1080. The van der Waals surface area contributed by atoms with Crippen LogP contribution in [0.25, 0.3) is 0 Å². The second kappa shape index (κ2) is 56.5. The van der Waals surface area contributed by atoms with Crippen molar-refractivity contribution in [3.05, 3.63) is 24.3 Å². The Hall–Kier alpha value is -2.11. The zero-order valence-corrected chi connectivity index (χ0v) is 45.2. The van der Waals surface area contributed by atoms with Crippen LogP contribution >= 0.6 is 0 Å². The minimum absolute atomic E-state index is 0.0699. The van der Waals surface area contributed by atoms with Gasteiger partial charge in [0.25, 0.3) is 0 Å². The Labute approximate surface area is 417 Å². The molecule has 394 valence electrons. The summed E-state index contributed by atoms with van der Waals surface area (Å²) in [6.45, 7) is 6.66. The molecule has 6 nitrogen and oxygen atoms in total. The summed E-state index contributed by atoms with van der Waals surface area (Å²) in [6, 6.07) is 0. The van der Waals surface area contributed by atoms with E-state index in [1.807, 2.05) is 0 Å². The number of rotatable bonds is 55. The average molecular weight is 944 g/mol. The molecule has 0 spiro atoms. The van der Waals surface area contributed by atoms with E-state index in [1.54, 1.807) is 0 Å². The van der Waals surface area contributed by atoms with Gasteiger partial charge in [0.1, 0.15) is 13.2 Å². The Balaban J connectivity index is 4.33. The molecule has 1 atom stereocenters. The van der Waals surface area contributed by atoms with Crippen molar-refractivity contribution < 1.29 is 28.6 Å². The van der Waals surface area contributed by atoms with E-state index in [0.717, 1.165) is 77.0 Å². The number of ether oxygens (including phenoxy) is 3. The minimum Gasteiger partial charge on any atom is -0.462 e. The zero-order valence-electron chi connectivity index (χ0n) is 45.2. The lowest BCUT2D eigenvalue weighted by Gasteiger charge is -2.18. The Kier molecular flexibility index (Phi) is 54.7.